The van der Waals surface area contributed by atoms with Crippen LogP contribution in [0.3, 0.4) is 0 Å². The maximum absolute atomic E-state index is 13.0. The van der Waals surface area contributed by atoms with E-state index in [1.54, 1.807) is 12.1 Å². The highest BCUT2D eigenvalue weighted by atomic mass is 19.1. The molecular weight excluding hydrogens is 371 g/mol. The molecule has 2 aromatic carbocycles. The predicted octanol–water partition coefficient (Wildman–Crippen LogP) is 5.02. The molecular formula is C24H25FO4. The minimum absolute atomic E-state index is 0.00241. The standard InChI is InChI=1S/C24H25FO4/c1-15-9-16(2)11-20(10-15)29-23-14-28-22-12-19(7-8-21(22)24(23)26)27-13-17-3-5-18(25)6-4-17/h3-6,9-11,14,19,21-22H,7-8,12-13H2,1-2H3. The van der Waals surface area contributed by atoms with E-state index in [0.29, 0.717) is 25.2 Å². The van der Waals surface area contributed by atoms with Gasteiger partial charge in [-0.1, -0.05) is 18.2 Å². The summed E-state index contributed by atoms with van der Waals surface area (Å²) in [6.07, 6.45) is 3.42. The molecule has 0 spiro atoms. The van der Waals surface area contributed by atoms with Gasteiger partial charge in [-0.15, -0.1) is 0 Å². The molecule has 0 saturated heterocycles. The zero-order valence-corrected chi connectivity index (χ0v) is 16.7. The van der Waals surface area contributed by atoms with Crippen LogP contribution in [0.1, 0.15) is 36.0 Å². The largest absolute Gasteiger partial charge is 0.493 e. The molecule has 1 aliphatic carbocycles. The summed E-state index contributed by atoms with van der Waals surface area (Å²) in [5.41, 5.74) is 3.10. The van der Waals surface area contributed by atoms with Gasteiger partial charge < -0.3 is 14.2 Å². The van der Waals surface area contributed by atoms with Crippen molar-refractivity contribution in [3.8, 4) is 5.75 Å². The fraction of sp³-hybridized carbons (Fsp3) is 0.375. The van der Waals surface area contributed by atoms with Gasteiger partial charge in [0.25, 0.3) is 0 Å². The average Bonchev–Trinajstić information content (AvgIpc) is 2.69. The first-order valence-corrected chi connectivity index (χ1v) is 10.00. The SMILES string of the molecule is Cc1cc(C)cc(OC2=COC3CC(OCc4ccc(F)cc4)CCC3C2=O)c1. The van der Waals surface area contributed by atoms with Crippen LogP contribution in [0.5, 0.6) is 5.75 Å². The van der Waals surface area contributed by atoms with E-state index in [-0.39, 0.29) is 35.5 Å². The number of benzene rings is 2. The zero-order valence-electron chi connectivity index (χ0n) is 16.7. The summed E-state index contributed by atoms with van der Waals surface area (Å²) in [6, 6.07) is 12.2. The van der Waals surface area contributed by atoms with Crippen molar-refractivity contribution in [2.24, 2.45) is 5.92 Å². The second kappa shape index (κ2) is 8.37. The van der Waals surface area contributed by atoms with Gasteiger partial charge in [-0.2, -0.15) is 0 Å². The molecule has 1 aliphatic heterocycles. The van der Waals surface area contributed by atoms with E-state index in [1.807, 2.05) is 26.0 Å². The minimum atomic E-state index is -0.256. The fourth-order valence-electron chi connectivity index (χ4n) is 4.07. The lowest BCUT2D eigenvalue weighted by molar-refractivity contribution is -0.134. The van der Waals surface area contributed by atoms with Crippen molar-refractivity contribution in [1.82, 2.24) is 0 Å². The number of halogens is 1. The molecule has 5 heteroatoms. The number of carbonyl (C=O) groups excluding carboxylic acids is 1. The number of rotatable bonds is 5. The lowest BCUT2D eigenvalue weighted by Gasteiger charge is -2.37. The molecule has 0 bridgehead atoms. The maximum Gasteiger partial charge on any atom is 0.207 e. The van der Waals surface area contributed by atoms with Gasteiger partial charge in [0, 0.05) is 6.42 Å². The number of allylic oxidation sites excluding steroid dienone is 1. The van der Waals surface area contributed by atoms with Gasteiger partial charge in [0.05, 0.1) is 18.6 Å². The predicted molar refractivity (Wildman–Crippen MR) is 107 cm³/mol. The smallest absolute Gasteiger partial charge is 0.207 e. The lowest BCUT2D eigenvalue weighted by Crippen LogP contribution is -2.42. The Labute approximate surface area is 170 Å². The molecule has 3 atom stereocenters. The molecule has 2 aliphatic rings. The van der Waals surface area contributed by atoms with Crippen LogP contribution in [0.2, 0.25) is 0 Å². The van der Waals surface area contributed by atoms with Crippen LogP contribution in [0.4, 0.5) is 4.39 Å². The number of ether oxygens (including phenoxy) is 3. The Morgan fingerprint density at radius 2 is 1.79 bits per heavy atom. The topological polar surface area (TPSA) is 44.8 Å². The monoisotopic (exact) mass is 396 g/mol. The third-order valence-corrected chi connectivity index (χ3v) is 5.50. The Balaban J connectivity index is 1.36. The highest BCUT2D eigenvalue weighted by molar-refractivity contribution is 5.96. The van der Waals surface area contributed by atoms with Crippen molar-refractivity contribution >= 4 is 5.78 Å². The van der Waals surface area contributed by atoms with Gasteiger partial charge in [-0.05, 0) is 67.6 Å². The van der Waals surface area contributed by atoms with E-state index >= 15 is 0 Å². The summed E-state index contributed by atoms with van der Waals surface area (Å²) < 4.78 is 30.7. The van der Waals surface area contributed by atoms with Gasteiger partial charge in [0.15, 0.2) is 0 Å². The summed E-state index contributed by atoms with van der Waals surface area (Å²) in [6.45, 7) is 4.42. The molecule has 4 rings (SSSR count). The number of Topliss-reactive ketones (excluding diaryl/α,β-unsaturated/α-hetero) is 1. The normalized spacial score (nSPS) is 23.8. The minimum Gasteiger partial charge on any atom is -0.493 e. The first-order valence-electron chi connectivity index (χ1n) is 10.00. The molecule has 0 radical (unpaired) electrons. The summed E-state index contributed by atoms with van der Waals surface area (Å²) in [7, 11) is 0. The van der Waals surface area contributed by atoms with E-state index in [9.17, 15) is 9.18 Å². The van der Waals surface area contributed by atoms with Crippen molar-refractivity contribution in [3.63, 3.8) is 0 Å². The first-order chi connectivity index (χ1) is 14.0. The Morgan fingerprint density at radius 3 is 2.52 bits per heavy atom. The molecule has 1 fully saturated rings. The molecule has 0 aromatic heterocycles. The van der Waals surface area contributed by atoms with Crippen molar-refractivity contribution in [1.29, 1.82) is 0 Å². The molecule has 0 N–H and O–H groups in total. The Hall–Kier alpha value is -2.66. The molecule has 1 heterocycles. The van der Waals surface area contributed by atoms with E-state index in [1.165, 1.54) is 18.4 Å². The van der Waals surface area contributed by atoms with Crippen molar-refractivity contribution in [2.45, 2.75) is 51.9 Å². The lowest BCUT2D eigenvalue weighted by atomic mass is 9.80. The van der Waals surface area contributed by atoms with Crippen LogP contribution in [0.25, 0.3) is 0 Å². The molecule has 3 unspecified atom stereocenters. The third-order valence-electron chi connectivity index (χ3n) is 5.50. The summed E-state index contributed by atoms with van der Waals surface area (Å²) >= 11 is 0. The Kier molecular flexibility index (Phi) is 5.67. The van der Waals surface area contributed by atoms with Gasteiger partial charge in [0.2, 0.25) is 11.5 Å². The fourth-order valence-corrected chi connectivity index (χ4v) is 4.07. The maximum atomic E-state index is 13.0. The third kappa shape index (κ3) is 4.67. The van der Waals surface area contributed by atoms with E-state index < -0.39 is 0 Å². The summed E-state index contributed by atoms with van der Waals surface area (Å²) in [4.78, 5) is 12.9. The van der Waals surface area contributed by atoms with Crippen LogP contribution in [0, 0.1) is 25.6 Å². The molecule has 152 valence electrons. The van der Waals surface area contributed by atoms with Crippen LogP contribution >= 0.6 is 0 Å². The second-order valence-corrected chi connectivity index (χ2v) is 7.93. The van der Waals surface area contributed by atoms with Crippen LogP contribution in [-0.4, -0.2) is 18.0 Å². The average molecular weight is 396 g/mol. The first kappa shape index (κ1) is 19.6. The van der Waals surface area contributed by atoms with Crippen molar-refractivity contribution < 1.29 is 23.4 Å². The zero-order chi connectivity index (χ0) is 20.4. The highest BCUT2D eigenvalue weighted by Crippen LogP contribution is 2.35. The number of fused-ring (bicyclic) bond motifs is 1. The molecule has 0 amide bonds. The molecule has 4 nitrogen and oxygen atoms in total. The van der Waals surface area contributed by atoms with Gasteiger partial charge >= 0.3 is 0 Å². The highest BCUT2D eigenvalue weighted by Gasteiger charge is 2.41. The molecule has 2 aromatic rings. The van der Waals surface area contributed by atoms with Crippen molar-refractivity contribution in [3.05, 3.63) is 77.0 Å². The van der Waals surface area contributed by atoms with Crippen LogP contribution in [0.15, 0.2) is 54.5 Å². The Bertz CT molecular complexity index is 899. The van der Waals surface area contributed by atoms with Gasteiger partial charge in [-0.25, -0.2) is 4.39 Å². The quantitative estimate of drug-likeness (QED) is 0.712. The van der Waals surface area contributed by atoms with E-state index in [2.05, 4.69) is 6.07 Å². The second-order valence-electron chi connectivity index (χ2n) is 7.93. The van der Waals surface area contributed by atoms with Crippen molar-refractivity contribution in [2.75, 3.05) is 0 Å². The van der Waals surface area contributed by atoms with Gasteiger partial charge in [-0.3, -0.25) is 4.79 Å². The number of ketones is 1. The van der Waals surface area contributed by atoms with Crippen LogP contribution < -0.4 is 4.74 Å². The van der Waals surface area contributed by atoms with E-state index in [4.69, 9.17) is 14.2 Å². The number of carbonyl (C=O) groups is 1. The Morgan fingerprint density at radius 1 is 1.07 bits per heavy atom. The molecule has 29 heavy (non-hydrogen) atoms. The number of hydrogen-bond acceptors (Lipinski definition) is 4. The summed E-state index contributed by atoms with van der Waals surface area (Å²) in [5, 5.41) is 0. The number of aryl methyl sites for hydroxylation is 2. The van der Waals surface area contributed by atoms with Crippen LogP contribution in [-0.2, 0) is 20.9 Å². The summed E-state index contributed by atoms with van der Waals surface area (Å²) in [5.74, 6) is 0.459. The van der Waals surface area contributed by atoms with E-state index in [0.717, 1.165) is 23.1 Å². The van der Waals surface area contributed by atoms with Gasteiger partial charge in [0.1, 0.15) is 23.9 Å². The molecule has 1 saturated carbocycles. The number of hydrogen-bond donors (Lipinski definition) is 0.